The maximum atomic E-state index is 12.5. The van der Waals surface area contributed by atoms with Crippen molar-refractivity contribution in [3.63, 3.8) is 0 Å². The molecule has 1 aliphatic rings. The van der Waals surface area contributed by atoms with E-state index in [1.807, 2.05) is 20.8 Å². The van der Waals surface area contributed by atoms with Crippen LogP contribution in [0.2, 0.25) is 16.6 Å². The van der Waals surface area contributed by atoms with Gasteiger partial charge in [-0.1, -0.05) is 41.5 Å². The first-order chi connectivity index (χ1) is 14.3. The smallest absolute Gasteiger partial charge is 0.410 e. The second-order valence-corrected chi connectivity index (χ2v) is 16.2. The fourth-order valence-electron chi connectivity index (χ4n) is 5.32. The molecule has 172 valence electrons. The molecule has 2 heterocycles. The second-order valence-electron chi connectivity index (χ2n) is 10.9. The number of benzene rings is 1. The molecule has 0 saturated heterocycles. The molecule has 1 N–H and O–H groups in total. The number of H-pyrrole nitrogens is 1. The number of aromatic nitrogens is 1. The molecule has 1 aliphatic heterocycles. The predicted molar refractivity (Wildman–Crippen MR) is 130 cm³/mol. The van der Waals surface area contributed by atoms with Gasteiger partial charge in [-0.2, -0.15) is 0 Å². The van der Waals surface area contributed by atoms with Crippen molar-refractivity contribution >= 4 is 25.3 Å². The Labute approximate surface area is 188 Å². The molecule has 3 rings (SSSR count). The summed E-state index contributed by atoms with van der Waals surface area (Å²) >= 11 is 0. The van der Waals surface area contributed by atoms with Gasteiger partial charge in [-0.25, -0.2) is 4.79 Å². The number of hydrogen-bond acceptors (Lipinski definition) is 3. The van der Waals surface area contributed by atoms with Gasteiger partial charge in [0.25, 0.3) is 8.32 Å². The zero-order valence-electron chi connectivity index (χ0n) is 20.8. The SMILES string of the molecule is CC(C)[Si](Oc1ccc2[nH]c3c(c2c1)CCN(C(=O)OC(C)(C)C)C3)(C(C)C)C(C)C. The van der Waals surface area contributed by atoms with E-state index in [2.05, 4.69) is 64.7 Å². The first-order valence-corrected chi connectivity index (χ1v) is 13.8. The van der Waals surface area contributed by atoms with Crippen molar-refractivity contribution in [2.45, 2.75) is 97.5 Å². The van der Waals surface area contributed by atoms with Crippen LogP contribution in [-0.4, -0.2) is 36.4 Å². The monoisotopic (exact) mass is 444 g/mol. The Morgan fingerprint density at radius 3 is 2.23 bits per heavy atom. The Bertz CT molecular complexity index is 918. The van der Waals surface area contributed by atoms with Crippen LogP contribution in [-0.2, 0) is 17.7 Å². The first kappa shape index (κ1) is 23.7. The number of hydrogen-bond donors (Lipinski definition) is 1. The molecule has 31 heavy (non-hydrogen) atoms. The van der Waals surface area contributed by atoms with Crippen LogP contribution in [0.3, 0.4) is 0 Å². The number of amides is 1. The summed E-state index contributed by atoms with van der Waals surface area (Å²) in [7, 11) is -2.00. The number of nitrogens with one attached hydrogen (secondary N) is 1. The van der Waals surface area contributed by atoms with Crippen LogP contribution in [0.1, 0.15) is 73.6 Å². The number of fused-ring (bicyclic) bond motifs is 3. The molecule has 1 aromatic carbocycles. The number of aromatic amines is 1. The Kier molecular flexibility index (Phi) is 6.52. The Balaban J connectivity index is 1.90. The molecule has 5 nitrogen and oxygen atoms in total. The molecule has 0 atom stereocenters. The van der Waals surface area contributed by atoms with E-state index >= 15 is 0 Å². The van der Waals surface area contributed by atoms with Gasteiger partial charge in [0.1, 0.15) is 11.4 Å². The summed E-state index contributed by atoms with van der Waals surface area (Å²) in [5.41, 5.74) is 4.62. The molecular weight excluding hydrogens is 404 g/mol. The quantitative estimate of drug-likeness (QED) is 0.504. The Morgan fingerprint density at radius 1 is 1.06 bits per heavy atom. The molecule has 0 saturated carbocycles. The summed E-state index contributed by atoms with van der Waals surface area (Å²) in [4.78, 5) is 17.8. The van der Waals surface area contributed by atoms with Gasteiger partial charge >= 0.3 is 6.09 Å². The van der Waals surface area contributed by atoms with E-state index in [1.54, 1.807) is 4.90 Å². The van der Waals surface area contributed by atoms with E-state index in [1.165, 1.54) is 10.9 Å². The maximum absolute atomic E-state index is 12.5. The fraction of sp³-hybridized carbons (Fsp3) is 0.640. The third kappa shape index (κ3) is 4.64. The number of carbonyl (C=O) groups is 1. The summed E-state index contributed by atoms with van der Waals surface area (Å²) in [6.45, 7) is 20.8. The topological polar surface area (TPSA) is 54.6 Å². The number of nitrogens with zero attached hydrogens (tertiary/aromatic N) is 1. The standard InChI is InChI=1S/C25H40N2O3Si/c1-16(2)31(17(3)4,18(5)6)30-19-10-11-22-21(14-19)20-12-13-27(15-23(20)26-22)24(28)29-25(7,8)9/h10-11,14,16-18,26H,12-13,15H2,1-9H3. The molecule has 0 fully saturated rings. The lowest BCUT2D eigenvalue weighted by Gasteiger charge is -2.42. The third-order valence-electron chi connectivity index (χ3n) is 6.60. The lowest BCUT2D eigenvalue weighted by atomic mass is 10.0. The summed E-state index contributed by atoms with van der Waals surface area (Å²) < 4.78 is 12.5. The van der Waals surface area contributed by atoms with Gasteiger partial charge in [-0.05, 0) is 67.6 Å². The van der Waals surface area contributed by atoms with E-state index < -0.39 is 13.9 Å². The zero-order valence-corrected chi connectivity index (χ0v) is 21.8. The highest BCUT2D eigenvalue weighted by Gasteiger charge is 2.47. The molecule has 6 heteroatoms. The van der Waals surface area contributed by atoms with Gasteiger partial charge in [0.15, 0.2) is 0 Å². The summed E-state index contributed by atoms with van der Waals surface area (Å²) in [6.07, 6.45) is 0.571. The molecule has 1 amide bonds. The average Bonchev–Trinajstić information content (AvgIpc) is 3.00. The Hall–Kier alpha value is -1.95. The van der Waals surface area contributed by atoms with E-state index in [0.29, 0.717) is 29.7 Å². The van der Waals surface area contributed by atoms with Crippen LogP contribution in [0, 0.1) is 0 Å². The van der Waals surface area contributed by atoms with E-state index in [4.69, 9.17) is 9.16 Å². The zero-order chi connectivity index (χ0) is 23.1. The van der Waals surface area contributed by atoms with Crippen molar-refractivity contribution in [2.24, 2.45) is 0 Å². The first-order valence-electron chi connectivity index (χ1n) is 11.7. The highest BCUT2D eigenvalue weighted by molar-refractivity contribution is 6.78. The maximum Gasteiger partial charge on any atom is 0.410 e. The highest BCUT2D eigenvalue weighted by atomic mass is 28.4. The minimum atomic E-state index is -2.00. The summed E-state index contributed by atoms with van der Waals surface area (Å²) in [5, 5.41) is 1.22. The van der Waals surface area contributed by atoms with Crippen molar-refractivity contribution in [3.8, 4) is 5.75 Å². The lowest BCUT2D eigenvalue weighted by molar-refractivity contribution is 0.0222. The molecule has 0 spiro atoms. The molecule has 0 bridgehead atoms. The molecule has 0 radical (unpaired) electrons. The van der Waals surface area contributed by atoms with E-state index in [-0.39, 0.29) is 6.09 Å². The van der Waals surface area contributed by atoms with Crippen LogP contribution in [0.5, 0.6) is 5.75 Å². The van der Waals surface area contributed by atoms with Gasteiger partial charge in [0.05, 0.1) is 6.54 Å². The van der Waals surface area contributed by atoms with Gasteiger partial charge in [0.2, 0.25) is 0 Å². The van der Waals surface area contributed by atoms with Gasteiger partial charge in [-0.3, -0.25) is 0 Å². The number of carbonyl (C=O) groups excluding carboxylic acids is 1. The Morgan fingerprint density at radius 2 is 1.68 bits per heavy atom. The number of ether oxygens (including phenoxy) is 1. The van der Waals surface area contributed by atoms with Crippen LogP contribution < -0.4 is 4.43 Å². The lowest BCUT2D eigenvalue weighted by Crippen LogP contribution is -2.50. The normalized spacial score (nSPS) is 15.2. The van der Waals surface area contributed by atoms with E-state index in [9.17, 15) is 4.79 Å². The largest absolute Gasteiger partial charge is 0.543 e. The fourth-order valence-corrected chi connectivity index (χ4v) is 10.6. The van der Waals surface area contributed by atoms with Crippen molar-refractivity contribution in [3.05, 3.63) is 29.5 Å². The molecule has 1 aromatic heterocycles. The second kappa shape index (κ2) is 8.53. The van der Waals surface area contributed by atoms with Crippen LogP contribution >= 0.6 is 0 Å². The molecule has 0 aliphatic carbocycles. The molecule has 2 aromatic rings. The van der Waals surface area contributed by atoms with Crippen molar-refractivity contribution in [1.29, 1.82) is 0 Å². The van der Waals surface area contributed by atoms with Crippen LogP contribution in [0.15, 0.2) is 18.2 Å². The highest BCUT2D eigenvalue weighted by Crippen LogP contribution is 2.43. The van der Waals surface area contributed by atoms with Crippen molar-refractivity contribution < 1.29 is 14.0 Å². The van der Waals surface area contributed by atoms with Gasteiger partial charge in [0, 0.05) is 23.1 Å². The van der Waals surface area contributed by atoms with Crippen LogP contribution in [0.4, 0.5) is 4.79 Å². The predicted octanol–water partition coefficient (Wildman–Crippen LogP) is 7.02. The van der Waals surface area contributed by atoms with Crippen LogP contribution in [0.25, 0.3) is 10.9 Å². The number of rotatable bonds is 5. The van der Waals surface area contributed by atoms with Gasteiger partial charge in [-0.15, -0.1) is 0 Å². The minimum Gasteiger partial charge on any atom is -0.543 e. The summed E-state index contributed by atoms with van der Waals surface area (Å²) in [5.74, 6) is 0.978. The molecule has 0 unspecified atom stereocenters. The minimum absolute atomic E-state index is 0.248. The summed E-state index contributed by atoms with van der Waals surface area (Å²) in [6, 6.07) is 6.44. The van der Waals surface area contributed by atoms with Crippen molar-refractivity contribution in [1.82, 2.24) is 9.88 Å². The van der Waals surface area contributed by atoms with Gasteiger partial charge < -0.3 is 19.0 Å². The average molecular weight is 445 g/mol. The molecular formula is C25H40N2O3Si. The van der Waals surface area contributed by atoms with E-state index in [0.717, 1.165) is 23.4 Å². The third-order valence-corrected chi connectivity index (χ3v) is 12.6. The van der Waals surface area contributed by atoms with Crippen molar-refractivity contribution in [2.75, 3.05) is 6.54 Å².